The molecule has 0 radical (unpaired) electrons. The van der Waals surface area contributed by atoms with Crippen LogP contribution in [0.1, 0.15) is 38.7 Å². The Morgan fingerprint density at radius 1 is 0.929 bits per heavy atom. The Hall–Kier alpha value is -3.76. The molecule has 3 aromatic rings. The molecule has 11 heteroatoms. The SMILES string of the molecule is CCCCNC(=O)C(CC)N(Cc1cccc(OC)c1)C(=O)CN(c1ccc(Cl)cc1)S(=O)(=O)c1ccc(OC)cc1. The predicted octanol–water partition coefficient (Wildman–Crippen LogP) is 5.28. The zero-order valence-electron chi connectivity index (χ0n) is 24.4. The lowest BCUT2D eigenvalue weighted by molar-refractivity contribution is -0.140. The second-order valence-electron chi connectivity index (χ2n) is 9.61. The van der Waals surface area contributed by atoms with Crippen molar-refractivity contribution in [2.45, 2.75) is 50.6 Å². The van der Waals surface area contributed by atoms with Crippen LogP contribution in [0.2, 0.25) is 5.02 Å². The minimum atomic E-state index is -4.21. The van der Waals surface area contributed by atoms with E-state index < -0.39 is 28.5 Å². The summed E-state index contributed by atoms with van der Waals surface area (Å²) in [4.78, 5) is 28.8. The van der Waals surface area contributed by atoms with Crippen LogP contribution in [0.3, 0.4) is 0 Å². The van der Waals surface area contributed by atoms with Crippen LogP contribution in [0.25, 0.3) is 0 Å². The number of anilines is 1. The van der Waals surface area contributed by atoms with E-state index in [1.807, 2.05) is 19.9 Å². The summed E-state index contributed by atoms with van der Waals surface area (Å²) in [5.41, 5.74) is 0.990. The van der Waals surface area contributed by atoms with E-state index in [-0.39, 0.29) is 23.0 Å². The number of nitrogens with zero attached hydrogens (tertiary/aromatic N) is 2. The first kappa shape index (κ1) is 32.8. The van der Waals surface area contributed by atoms with Gasteiger partial charge in [-0.3, -0.25) is 13.9 Å². The summed E-state index contributed by atoms with van der Waals surface area (Å²) in [6, 6.07) is 18.5. The molecule has 0 spiro atoms. The van der Waals surface area contributed by atoms with Gasteiger partial charge in [-0.2, -0.15) is 0 Å². The summed E-state index contributed by atoms with van der Waals surface area (Å²) >= 11 is 6.09. The zero-order valence-corrected chi connectivity index (χ0v) is 26.0. The molecule has 0 aliphatic heterocycles. The highest BCUT2D eigenvalue weighted by Crippen LogP contribution is 2.27. The van der Waals surface area contributed by atoms with Crippen molar-refractivity contribution in [3.63, 3.8) is 0 Å². The number of carbonyl (C=O) groups excluding carboxylic acids is 2. The molecule has 1 unspecified atom stereocenters. The highest BCUT2D eigenvalue weighted by Gasteiger charge is 2.33. The Bertz CT molecular complexity index is 1430. The summed E-state index contributed by atoms with van der Waals surface area (Å²) in [6.07, 6.45) is 2.04. The average Bonchev–Trinajstić information content (AvgIpc) is 3.00. The number of ether oxygens (including phenoxy) is 2. The molecular formula is C31H38ClN3O6S. The maximum atomic E-state index is 14.1. The molecule has 226 valence electrons. The molecule has 3 aromatic carbocycles. The van der Waals surface area contributed by atoms with Crippen molar-refractivity contribution in [3.8, 4) is 11.5 Å². The van der Waals surface area contributed by atoms with Gasteiger partial charge in [0.05, 0.1) is 24.8 Å². The van der Waals surface area contributed by atoms with Crippen LogP contribution in [-0.4, -0.2) is 58.5 Å². The predicted molar refractivity (Wildman–Crippen MR) is 165 cm³/mol. The number of hydrogen-bond donors (Lipinski definition) is 1. The van der Waals surface area contributed by atoms with E-state index in [0.717, 1.165) is 22.7 Å². The fraction of sp³-hybridized carbons (Fsp3) is 0.355. The molecular weight excluding hydrogens is 578 g/mol. The van der Waals surface area contributed by atoms with Gasteiger partial charge < -0.3 is 19.7 Å². The summed E-state index contributed by atoms with van der Waals surface area (Å²) in [5, 5.41) is 3.34. The molecule has 0 saturated carbocycles. The van der Waals surface area contributed by atoms with E-state index in [9.17, 15) is 18.0 Å². The van der Waals surface area contributed by atoms with Crippen molar-refractivity contribution in [1.29, 1.82) is 0 Å². The van der Waals surface area contributed by atoms with E-state index >= 15 is 0 Å². The van der Waals surface area contributed by atoms with E-state index in [0.29, 0.717) is 29.5 Å². The number of methoxy groups -OCH3 is 2. The van der Waals surface area contributed by atoms with Crippen LogP contribution >= 0.6 is 11.6 Å². The Morgan fingerprint density at radius 2 is 1.60 bits per heavy atom. The first-order chi connectivity index (χ1) is 20.1. The quantitative estimate of drug-likeness (QED) is 0.233. The number of hydrogen-bond acceptors (Lipinski definition) is 6. The topological polar surface area (TPSA) is 105 Å². The van der Waals surface area contributed by atoms with E-state index in [4.69, 9.17) is 21.1 Å². The van der Waals surface area contributed by atoms with Crippen LogP contribution in [0, 0.1) is 0 Å². The maximum Gasteiger partial charge on any atom is 0.264 e. The van der Waals surface area contributed by atoms with Crippen molar-refractivity contribution in [2.24, 2.45) is 0 Å². The first-order valence-corrected chi connectivity index (χ1v) is 15.6. The van der Waals surface area contributed by atoms with Gasteiger partial charge in [-0.05, 0) is 79.1 Å². The van der Waals surface area contributed by atoms with Gasteiger partial charge in [0.1, 0.15) is 24.1 Å². The summed E-state index contributed by atoms with van der Waals surface area (Å²) < 4.78 is 39.5. The van der Waals surface area contributed by atoms with Crippen LogP contribution in [0.5, 0.6) is 11.5 Å². The molecule has 0 heterocycles. The molecule has 3 rings (SSSR count). The second-order valence-corrected chi connectivity index (χ2v) is 11.9. The monoisotopic (exact) mass is 615 g/mol. The van der Waals surface area contributed by atoms with Crippen LogP contribution in [0.15, 0.2) is 77.7 Å². The third-order valence-electron chi connectivity index (χ3n) is 6.74. The summed E-state index contributed by atoms with van der Waals surface area (Å²) in [7, 11) is -1.17. The number of benzene rings is 3. The van der Waals surface area contributed by atoms with Gasteiger partial charge in [0.2, 0.25) is 11.8 Å². The van der Waals surface area contributed by atoms with Crippen molar-refractivity contribution in [1.82, 2.24) is 10.2 Å². The third kappa shape index (κ3) is 8.39. The Kier molecular flexibility index (Phi) is 12.1. The van der Waals surface area contributed by atoms with Crippen molar-refractivity contribution < 1.29 is 27.5 Å². The van der Waals surface area contributed by atoms with Crippen molar-refractivity contribution in [2.75, 3.05) is 31.6 Å². The van der Waals surface area contributed by atoms with Gasteiger partial charge in [-0.1, -0.05) is 44.0 Å². The number of carbonyl (C=O) groups is 2. The lowest BCUT2D eigenvalue weighted by Gasteiger charge is -2.33. The molecule has 0 fully saturated rings. The van der Waals surface area contributed by atoms with Gasteiger partial charge in [-0.15, -0.1) is 0 Å². The van der Waals surface area contributed by atoms with Crippen molar-refractivity contribution >= 4 is 39.1 Å². The molecule has 0 bridgehead atoms. The van der Waals surface area contributed by atoms with Crippen molar-refractivity contribution in [3.05, 3.63) is 83.4 Å². The van der Waals surface area contributed by atoms with Gasteiger partial charge in [0.25, 0.3) is 10.0 Å². The summed E-state index contributed by atoms with van der Waals surface area (Å²) in [6.45, 7) is 3.86. The van der Waals surface area contributed by atoms with Crippen LogP contribution in [-0.2, 0) is 26.2 Å². The minimum Gasteiger partial charge on any atom is -0.497 e. The van der Waals surface area contributed by atoms with Gasteiger partial charge in [0, 0.05) is 18.1 Å². The second kappa shape index (κ2) is 15.5. The maximum absolute atomic E-state index is 14.1. The molecule has 0 saturated heterocycles. The smallest absolute Gasteiger partial charge is 0.264 e. The van der Waals surface area contributed by atoms with Gasteiger partial charge >= 0.3 is 0 Å². The van der Waals surface area contributed by atoms with E-state index in [1.165, 1.54) is 48.4 Å². The highest BCUT2D eigenvalue weighted by molar-refractivity contribution is 7.92. The molecule has 1 N–H and O–H groups in total. The molecule has 42 heavy (non-hydrogen) atoms. The van der Waals surface area contributed by atoms with Crippen LogP contribution < -0.4 is 19.1 Å². The number of halogens is 1. The number of amides is 2. The Balaban J connectivity index is 2.04. The number of nitrogens with one attached hydrogen (secondary N) is 1. The summed E-state index contributed by atoms with van der Waals surface area (Å²) in [5.74, 6) is 0.262. The lowest BCUT2D eigenvalue weighted by atomic mass is 10.1. The molecule has 0 aliphatic carbocycles. The minimum absolute atomic E-state index is 0.0188. The first-order valence-electron chi connectivity index (χ1n) is 13.8. The normalized spacial score (nSPS) is 11.8. The molecule has 0 aliphatic rings. The standard InChI is InChI=1S/C31H38ClN3O6S/c1-5-7-19-33-31(37)29(6-2)34(21-23-9-8-10-27(20-23)41-4)30(36)22-35(25-13-11-24(32)12-14-25)42(38,39)28-17-15-26(40-3)16-18-28/h8-18,20,29H,5-7,19,21-22H2,1-4H3,(H,33,37). The lowest BCUT2D eigenvalue weighted by Crippen LogP contribution is -2.52. The average molecular weight is 616 g/mol. The fourth-order valence-corrected chi connectivity index (χ4v) is 5.94. The molecule has 9 nitrogen and oxygen atoms in total. The third-order valence-corrected chi connectivity index (χ3v) is 8.78. The number of sulfonamides is 1. The molecule has 1 atom stereocenters. The van der Waals surface area contributed by atoms with E-state index in [1.54, 1.807) is 37.4 Å². The van der Waals surface area contributed by atoms with Crippen LogP contribution in [0.4, 0.5) is 5.69 Å². The largest absolute Gasteiger partial charge is 0.497 e. The molecule has 0 aromatic heterocycles. The molecule has 2 amide bonds. The zero-order chi connectivity index (χ0) is 30.7. The van der Waals surface area contributed by atoms with E-state index in [2.05, 4.69) is 5.32 Å². The number of rotatable bonds is 15. The fourth-order valence-electron chi connectivity index (χ4n) is 4.40. The highest BCUT2D eigenvalue weighted by atomic mass is 35.5. The Morgan fingerprint density at radius 3 is 2.19 bits per heavy atom. The van der Waals surface area contributed by atoms with Gasteiger partial charge in [-0.25, -0.2) is 8.42 Å². The Labute approximate surface area is 253 Å². The van der Waals surface area contributed by atoms with Gasteiger partial charge in [0.15, 0.2) is 0 Å². The number of unbranched alkanes of at least 4 members (excludes halogenated alkanes) is 1.